The number of nitrogen functional groups attached to an aromatic ring is 1. The standard InChI is InChI=1S/C12H9F2NO2/c1-17-12(16)8-2-6-3-9(13)10(14)4-7(6)5-11(8)15/h2-5H,15H2,1H3. The van der Waals surface area contributed by atoms with E-state index in [2.05, 4.69) is 4.74 Å². The summed E-state index contributed by atoms with van der Waals surface area (Å²) in [6.07, 6.45) is 0. The highest BCUT2D eigenvalue weighted by atomic mass is 19.2. The van der Waals surface area contributed by atoms with Gasteiger partial charge in [-0.15, -0.1) is 0 Å². The van der Waals surface area contributed by atoms with Crippen molar-refractivity contribution in [2.45, 2.75) is 0 Å². The monoisotopic (exact) mass is 237 g/mol. The van der Waals surface area contributed by atoms with E-state index in [4.69, 9.17) is 5.73 Å². The number of ether oxygens (including phenoxy) is 1. The van der Waals surface area contributed by atoms with Crippen molar-refractivity contribution in [1.82, 2.24) is 0 Å². The lowest BCUT2D eigenvalue weighted by Crippen LogP contribution is -2.05. The molecular weight excluding hydrogens is 228 g/mol. The summed E-state index contributed by atoms with van der Waals surface area (Å²) in [5.74, 6) is -2.55. The predicted molar refractivity (Wildman–Crippen MR) is 59.6 cm³/mol. The molecule has 0 aliphatic carbocycles. The molecule has 0 atom stereocenters. The molecule has 0 saturated heterocycles. The van der Waals surface area contributed by atoms with Crippen LogP contribution in [0.3, 0.4) is 0 Å². The molecule has 0 unspecified atom stereocenters. The first kappa shape index (κ1) is 11.3. The van der Waals surface area contributed by atoms with Crippen LogP contribution < -0.4 is 5.73 Å². The van der Waals surface area contributed by atoms with Gasteiger partial charge in [-0.1, -0.05) is 0 Å². The highest BCUT2D eigenvalue weighted by Gasteiger charge is 2.12. The Hall–Kier alpha value is -2.17. The van der Waals surface area contributed by atoms with Gasteiger partial charge < -0.3 is 10.5 Å². The van der Waals surface area contributed by atoms with Gasteiger partial charge in [0.15, 0.2) is 11.6 Å². The SMILES string of the molecule is COC(=O)c1cc2cc(F)c(F)cc2cc1N. The van der Waals surface area contributed by atoms with Gasteiger partial charge in [-0.3, -0.25) is 0 Å². The highest BCUT2D eigenvalue weighted by Crippen LogP contribution is 2.24. The molecule has 2 rings (SSSR count). The van der Waals surface area contributed by atoms with Crippen LogP contribution in [-0.4, -0.2) is 13.1 Å². The molecule has 0 amide bonds. The second-order valence-electron chi connectivity index (χ2n) is 3.54. The lowest BCUT2D eigenvalue weighted by atomic mass is 10.0. The van der Waals surface area contributed by atoms with Crippen LogP contribution in [0.15, 0.2) is 24.3 Å². The van der Waals surface area contributed by atoms with Gasteiger partial charge in [0.1, 0.15) is 0 Å². The number of rotatable bonds is 1. The first-order valence-electron chi connectivity index (χ1n) is 4.79. The maximum atomic E-state index is 13.0. The van der Waals surface area contributed by atoms with Crippen LogP contribution in [0.1, 0.15) is 10.4 Å². The van der Waals surface area contributed by atoms with E-state index >= 15 is 0 Å². The summed E-state index contributed by atoms with van der Waals surface area (Å²) in [4.78, 5) is 11.4. The fourth-order valence-electron chi connectivity index (χ4n) is 1.60. The minimum absolute atomic E-state index is 0.131. The molecule has 5 heteroatoms. The molecule has 0 aliphatic heterocycles. The van der Waals surface area contributed by atoms with E-state index in [-0.39, 0.29) is 11.3 Å². The van der Waals surface area contributed by atoms with E-state index in [9.17, 15) is 13.6 Å². The van der Waals surface area contributed by atoms with Crippen molar-refractivity contribution in [3.05, 3.63) is 41.5 Å². The molecule has 17 heavy (non-hydrogen) atoms. The Kier molecular flexibility index (Phi) is 2.67. The van der Waals surface area contributed by atoms with E-state index in [1.807, 2.05) is 0 Å². The first-order valence-corrected chi connectivity index (χ1v) is 4.79. The van der Waals surface area contributed by atoms with Crippen molar-refractivity contribution in [2.24, 2.45) is 0 Å². The zero-order valence-electron chi connectivity index (χ0n) is 8.96. The molecule has 0 saturated carbocycles. The van der Waals surface area contributed by atoms with Gasteiger partial charge in [-0.2, -0.15) is 0 Å². The molecule has 0 aliphatic rings. The number of halogens is 2. The third-order valence-electron chi connectivity index (χ3n) is 2.45. The van der Waals surface area contributed by atoms with Crippen LogP contribution in [0.4, 0.5) is 14.5 Å². The Bertz CT molecular complexity index is 611. The maximum Gasteiger partial charge on any atom is 0.339 e. The minimum atomic E-state index is -0.974. The molecule has 88 valence electrons. The van der Waals surface area contributed by atoms with Crippen molar-refractivity contribution in [2.75, 3.05) is 12.8 Å². The third kappa shape index (κ3) is 1.91. The predicted octanol–water partition coefficient (Wildman–Crippen LogP) is 2.49. The van der Waals surface area contributed by atoms with Gasteiger partial charge in [0.25, 0.3) is 0 Å². The van der Waals surface area contributed by atoms with E-state index in [1.165, 1.54) is 19.2 Å². The third-order valence-corrected chi connectivity index (χ3v) is 2.45. The summed E-state index contributed by atoms with van der Waals surface area (Å²) in [7, 11) is 1.22. The molecule has 2 aromatic carbocycles. The molecular formula is C12H9F2NO2. The minimum Gasteiger partial charge on any atom is -0.465 e. The second kappa shape index (κ2) is 4.01. The molecule has 0 aromatic heterocycles. The summed E-state index contributed by atoms with van der Waals surface area (Å²) in [5, 5.41) is 0.813. The zero-order chi connectivity index (χ0) is 12.6. The van der Waals surface area contributed by atoms with Gasteiger partial charge in [-0.05, 0) is 35.0 Å². The van der Waals surface area contributed by atoms with Crippen molar-refractivity contribution in [3.63, 3.8) is 0 Å². The summed E-state index contributed by atoms with van der Waals surface area (Å²) in [5.41, 5.74) is 5.93. The average molecular weight is 237 g/mol. The quantitative estimate of drug-likeness (QED) is 0.612. The number of carbonyl (C=O) groups is 1. The molecule has 3 nitrogen and oxygen atoms in total. The summed E-state index contributed by atoms with van der Waals surface area (Å²) in [6, 6.07) is 4.82. The fraction of sp³-hybridized carbons (Fsp3) is 0.0833. The number of hydrogen-bond acceptors (Lipinski definition) is 3. The molecule has 0 bridgehead atoms. The summed E-state index contributed by atoms with van der Waals surface area (Å²) >= 11 is 0. The van der Waals surface area contributed by atoms with Gasteiger partial charge >= 0.3 is 5.97 Å². The van der Waals surface area contributed by atoms with Gasteiger partial charge in [0.05, 0.1) is 12.7 Å². The maximum absolute atomic E-state index is 13.0. The van der Waals surface area contributed by atoms with E-state index in [0.29, 0.717) is 10.8 Å². The number of hydrogen-bond donors (Lipinski definition) is 1. The van der Waals surface area contributed by atoms with Crippen molar-refractivity contribution in [1.29, 1.82) is 0 Å². The molecule has 2 aromatic rings. The Morgan fingerprint density at radius 3 is 2.18 bits per heavy atom. The fourth-order valence-corrected chi connectivity index (χ4v) is 1.60. The average Bonchev–Trinajstić information content (AvgIpc) is 2.30. The molecule has 0 heterocycles. The van der Waals surface area contributed by atoms with Gasteiger partial charge in [-0.25, -0.2) is 13.6 Å². The van der Waals surface area contributed by atoms with Crippen LogP contribution in [0.25, 0.3) is 10.8 Å². The molecule has 2 N–H and O–H groups in total. The normalized spacial score (nSPS) is 10.5. The summed E-state index contributed by atoms with van der Waals surface area (Å²) in [6.45, 7) is 0. The highest BCUT2D eigenvalue weighted by molar-refractivity contribution is 6.01. The second-order valence-corrected chi connectivity index (χ2v) is 3.54. The van der Waals surface area contributed by atoms with Crippen LogP contribution in [-0.2, 0) is 4.74 Å². The van der Waals surface area contributed by atoms with Crippen molar-refractivity contribution >= 4 is 22.4 Å². The van der Waals surface area contributed by atoms with Gasteiger partial charge in [0.2, 0.25) is 0 Å². The number of methoxy groups -OCH3 is 1. The van der Waals surface area contributed by atoms with E-state index < -0.39 is 17.6 Å². The van der Waals surface area contributed by atoms with Crippen molar-refractivity contribution in [3.8, 4) is 0 Å². The lowest BCUT2D eigenvalue weighted by molar-refractivity contribution is 0.0602. The topological polar surface area (TPSA) is 52.3 Å². The number of benzene rings is 2. The number of anilines is 1. The largest absolute Gasteiger partial charge is 0.465 e. The Morgan fingerprint density at radius 2 is 1.65 bits per heavy atom. The smallest absolute Gasteiger partial charge is 0.339 e. The number of carbonyl (C=O) groups excluding carboxylic acids is 1. The Labute approximate surface area is 95.8 Å². The Balaban J connectivity index is 2.71. The van der Waals surface area contributed by atoms with E-state index in [1.54, 1.807) is 0 Å². The summed E-state index contributed by atoms with van der Waals surface area (Å²) < 4.78 is 30.6. The lowest BCUT2D eigenvalue weighted by Gasteiger charge is -2.06. The first-order chi connectivity index (χ1) is 8.02. The van der Waals surface area contributed by atoms with Crippen LogP contribution in [0.2, 0.25) is 0 Å². The van der Waals surface area contributed by atoms with Gasteiger partial charge in [0, 0.05) is 5.69 Å². The van der Waals surface area contributed by atoms with Crippen molar-refractivity contribution < 1.29 is 18.3 Å². The number of nitrogens with two attached hydrogens (primary N) is 1. The van der Waals surface area contributed by atoms with Crippen LogP contribution in [0, 0.1) is 11.6 Å². The molecule has 0 fully saturated rings. The Morgan fingerprint density at radius 1 is 1.12 bits per heavy atom. The zero-order valence-corrected chi connectivity index (χ0v) is 8.96. The van der Waals surface area contributed by atoms with Crippen LogP contribution in [0.5, 0.6) is 0 Å². The van der Waals surface area contributed by atoms with Crippen LogP contribution >= 0.6 is 0 Å². The molecule has 0 radical (unpaired) electrons. The van der Waals surface area contributed by atoms with E-state index in [0.717, 1.165) is 12.1 Å². The number of esters is 1. The molecule has 0 spiro atoms. The number of fused-ring (bicyclic) bond motifs is 1.